The first kappa shape index (κ1) is 41.3. The Morgan fingerprint density at radius 2 is 1.42 bits per heavy atom. The topological polar surface area (TPSA) is 166 Å². The number of alkyl halides is 3. The maximum absolute atomic E-state index is 13.8. The predicted molar refractivity (Wildman–Crippen MR) is 229 cm³/mol. The van der Waals surface area contributed by atoms with Crippen molar-refractivity contribution in [2.75, 3.05) is 42.7 Å². The molecule has 1 saturated heterocycles. The van der Waals surface area contributed by atoms with Gasteiger partial charge in [0.25, 0.3) is 11.8 Å². The summed E-state index contributed by atoms with van der Waals surface area (Å²) in [6.45, 7) is 7.72. The summed E-state index contributed by atoms with van der Waals surface area (Å²) in [6, 6.07) is 21.1. The van der Waals surface area contributed by atoms with Crippen LogP contribution in [0, 0.1) is 0 Å². The number of aromatic nitrogens is 3. The number of hydrogen-bond acceptors (Lipinski definition) is 7. The summed E-state index contributed by atoms with van der Waals surface area (Å²) in [5.74, 6) is -1.59. The number of carbonyl (C=O) groups excluding carboxylic acids is 2. The van der Waals surface area contributed by atoms with Crippen LogP contribution in [0.2, 0.25) is 0 Å². The normalized spacial score (nSPS) is 14.4. The molecule has 0 saturated carbocycles. The van der Waals surface area contributed by atoms with Gasteiger partial charge in [0.2, 0.25) is 10.9 Å². The molecule has 0 spiro atoms. The van der Waals surface area contributed by atoms with Crippen molar-refractivity contribution >= 4 is 61.6 Å². The van der Waals surface area contributed by atoms with Gasteiger partial charge in [0.1, 0.15) is 16.9 Å². The molecule has 4 heterocycles. The molecule has 1 aliphatic rings. The zero-order valence-electron chi connectivity index (χ0n) is 33.5. The van der Waals surface area contributed by atoms with E-state index in [4.69, 9.17) is 0 Å². The number of nitrogens with zero attached hydrogens (tertiary/aromatic N) is 2. The quantitative estimate of drug-likeness (QED) is 0.0984. The maximum atomic E-state index is 13.8. The van der Waals surface area contributed by atoms with Gasteiger partial charge in [-0.25, -0.2) is 0 Å². The fourth-order valence-corrected chi connectivity index (χ4v) is 7.44. The van der Waals surface area contributed by atoms with Gasteiger partial charge >= 0.3 is 6.18 Å². The monoisotopic (exact) mass is 819 g/mol. The van der Waals surface area contributed by atoms with Gasteiger partial charge in [-0.1, -0.05) is 45.0 Å². The summed E-state index contributed by atoms with van der Waals surface area (Å²) in [7, 11) is 3.89. The molecule has 8 rings (SSSR count). The number of halogens is 3. The average molecular weight is 820 g/mol. The van der Waals surface area contributed by atoms with Crippen LogP contribution < -0.4 is 26.4 Å². The smallest absolute Gasteiger partial charge is 0.418 e. The molecule has 12 nitrogen and oxygen atoms in total. The van der Waals surface area contributed by atoms with Crippen LogP contribution in [-0.4, -0.2) is 70.0 Å². The van der Waals surface area contributed by atoms with Gasteiger partial charge in [0.05, 0.1) is 22.2 Å². The van der Waals surface area contributed by atoms with Gasteiger partial charge in [0, 0.05) is 70.9 Å². The first-order chi connectivity index (χ1) is 28.4. The van der Waals surface area contributed by atoms with Crippen molar-refractivity contribution in [1.29, 1.82) is 0 Å². The molecule has 310 valence electrons. The number of pyridine rings is 2. The van der Waals surface area contributed by atoms with E-state index in [1.807, 2.05) is 43.4 Å². The van der Waals surface area contributed by atoms with Crippen LogP contribution in [0.25, 0.3) is 32.7 Å². The molecule has 6 N–H and O–H groups in total. The minimum atomic E-state index is -4.67. The van der Waals surface area contributed by atoms with E-state index < -0.39 is 34.4 Å². The van der Waals surface area contributed by atoms with E-state index in [0.717, 1.165) is 23.4 Å². The number of para-hydroxylation sites is 1. The molecule has 1 fully saturated rings. The Hall–Kier alpha value is -6.87. The minimum absolute atomic E-state index is 0.00338. The van der Waals surface area contributed by atoms with E-state index >= 15 is 0 Å². The number of likely N-dealkylation sites (N-methyl/N-ethyl adjacent to an activating group) is 1. The van der Waals surface area contributed by atoms with E-state index in [1.54, 1.807) is 42.5 Å². The van der Waals surface area contributed by atoms with Gasteiger partial charge in [-0.2, -0.15) is 13.2 Å². The fraction of sp³-hybridized carbons (Fsp3) is 0.244. The molecule has 15 heteroatoms. The average Bonchev–Trinajstić information content (AvgIpc) is 3.87. The van der Waals surface area contributed by atoms with Crippen molar-refractivity contribution in [3.8, 4) is 5.75 Å². The van der Waals surface area contributed by atoms with E-state index in [-0.39, 0.29) is 44.8 Å². The van der Waals surface area contributed by atoms with E-state index in [0.29, 0.717) is 35.5 Å². The van der Waals surface area contributed by atoms with E-state index in [2.05, 4.69) is 51.3 Å². The van der Waals surface area contributed by atoms with Crippen molar-refractivity contribution in [3.63, 3.8) is 0 Å². The lowest BCUT2D eigenvalue weighted by molar-refractivity contribution is -0.136. The van der Waals surface area contributed by atoms with Crippen LogP contribution in [0.3, 0.4) is 0 Å². The summed E-state index contributed by atoms with van der Waals surface area (Å²) in [4.78, 5) is 63.6. The molecule has 60 heavy (non-hydrogen) atoms. The number of anilines is 3. The van der Waals surface area contributed by atoms with Crippen LogP contribution in [0.5, 0.6) is 5.75 Å². The molecule has 3 aromatic heterocycles. The Morgan fingerprint density at radius 3 is 2.12 bits per heavy atom. The highest BCUT2D eigenvalue weighted by atomic mass is 19.4. The standard InChI is InChI=1S/C23H23F3N4O2.C22H21N3O3/c1-29(2)15-9-10-30(13-15)14-7-8-20(18(11-14)23(24,25)26)28-22(32)17-12-27-19-6-4-3-5-16(19)21(17)31;1-22(2,3)15-11-24-17-9-12(7-8-13(15)17)25-21(28)14-10-23-16-5-4-6-18(26)19(16)20(14)27/h3-8,11-12,15H,9-10,13H2,1-2H3,(H,27,31)(H,28,32);4-11,24,26H,1-3H3,(H,23,27)(H,25,28)/t15-;/m1./s1. The lowest BCUT2D eigenvalue weighted by Crippen LogP contribution is -2.31. The molecule has 7 aromatic rings. The van der Waals surface area contributed by atoms with Crippen molar-refractivity contribution in [3.05, 3.63) is 140 Å². The molecule has 2 amide bonds. The van der Waals surface area contributed by atoms with Crippen LogP contribution in [-0.2, 0) is 11.6 Å². The summed E-state index contributed by atoms with van der Waals surface area (Å²) in [6.07, 6.45) is 0.747. The predicted octanol–water partition coefficient (Wildman–Crippen LogP) is 8.20. The Labute approximate surface area is 342 Å². The number of phenolic OH excluding ortho intramolecular Hbond substituents is 1. The molecule has 1 atom stereocenters. The lowest BCUT2D eigenvalue weighted by atomic mass is 9.87. The zero-order chi connectivity index (χ0) is 43.1. The highest BCUT2D eigenvalue weighted by Crippen LogP contribution is 2.38. The van der Waals surface area contributed by atoms with Gasteiger partial charge in [-0.05, 0) is 86.1 Å². The first-order valence-corrected chi connectivity index (χ1v) is 19.2. The molecule has 0 bridgehead atoms. The molecular weight excluding hydrogens is 776 g/mol. The number of benzene rings is 4. The summed E-state index contributed by atoms with van der Waals surface area (Å²) < 4.78 is 41.4. The first-order valence-electron chi connectivity index (χ1n) is 19.2. The number of aromatic hydroxyl groups is 1. The summed E-state index contributed by atoms with van der Waals surface area (Å²) in [5.41, 5.74) is 1.44. The Kier molecular flexibility index (Phi) is 11.1. The number of rotatable bonds is 6. The number of hydrogen-bond donors (Lipinski definition) is 6. The Morgan fingerprint density at radius 1 is 0.750 bits per heavy atom. The summed E-state index contributed by atoms with van der Waals surface area (Å²) >= 11 is 0. The number of carbonyl (C=O) groups is 2. The molecule has 0 radical (unpaired) electrons. The SMILES string of the molecule is CC(C)(C)c1c[nH]c2cc(NC(=O)c3c[nH]c4cccc(O)c4c3=O)ccc12.CN(C)[C@@H]1CCN(c2ccc(NC(=O)c3c[nH]c4ccccc4c3=O)c(C(F)(F)F)c2)C1. The van der Waals surface area contributed by atoms with Gasteiger partial charge in [0.15, 0.2) is 0 Å². The lowest BCUT2D eigenvalue weighted by Gasteiger charge is -2.23. The highest BCUT2D eigenvalue weighted by Gasteiger charge is 2.36. The molecular formula is C45H44F3N7O5. The minimum Gasteiger partial charge on any atom is -0.507 e. The number of aromatic amines is 3. The van der Waals surface area contributed by atoms with Crippen molar-refractivity contribution in [2.24, 2.45) is 0 Å². The van der Waals surface area contributed by atoms with Gasteiger partial charge in [-0.3, -0.25) is 19.2 Å². The number of amides is 2. The third kappa shape index (κ3) is 8.34. The second-order valence-electron chi connectivity index (χ2n) is 16.0. The van der Waals surface area contributed by atoms with Crippen LogP contribution in [0.4, 0.5) is 30.2 Å². The molecule has 0 aliphatic carbocycles. The third-order valence-corrected chi connectivity index (χ3v) is 10.7. The van der Waals surface area contributed by atoms with Crippen molar-refractivity contribution in [2.45, 2.75) is 44.8 Å². The molecule has 4 aromatic carbocycles. The van der Waals surface area contributed by atoms with Crippen molar-refractivity contribution < 1.29 is 27.9 Å². The number of H-pyrrole nitrogens is 3. The molecule has 0 unspecified atom stereocenters. The van der Waals surface area contributed by atoms with E-state index in [9.17, 15) is 37.5 Å². The summed E-state index contributed by atoms with van der Waals surface area (Å²) in [5, 5.41) is 16.5. The second kappa shape index (κ2) is 16.1. The maximum Gasteiger partial charge on any atom is 0.418 e. The van der Waals surface area contributed by atoms with E-state index in [1.165, 1.54) is 30.1 Å². The molecule has 1 aliphatic heterocycles. The second-order valence-corrected chi connectivity index (χ2v) is 16.0. The van der Waals surface area contributed by atoms with Crippen LogP contribution in [0.15, 0.2) is 107 Å². The van der Waals surface area contributed by atoms with Gasteiger partial charge < -0.3 is 40.5 Å². The number of nitrogens with one attached hydrogen (secondary N) is 5. The highest BCUT2D eigenvalue weighted by molar-refractivity contribution is 6.07. The fourth-order valence-electron chi connectivity index (χ4n) is 7.44. The Balaban J connectivity index is 0.000000183. The van der Waals surface area contributed by atoms with Gasteiger partial charge in [-0.15, -0.1) is 0 Å². The van der Waals surface area contributed by atoms with Crippen LogP contribution in [0.1, 0.15) is 59.0 Å². The number of phenols is 1. The third-order valence-electron chi connectivity index (χ3n) is 10.7. The Bertz CT molecular complexity index is 2890. The van der Waals surface area contributed by atoms with Crippen molar-refractivity contribution in [1.82, 2.24) is 19.9 Å². The van der Waals surface area contributed by atoms with Crippen LogP contribution >= 0.6 is 0 Å². The zero-order valence-corrected chi connectivity index (χ0v) is 33.5. The largest absolute Gasteiger partial charge is 0.507 e. The number of fused-ring (bicyclic) bond motifs is 3.